The molecule has 0 unspecified atom stereocenters. The Kier molecular flexibility index (Phi) is 4.46. The van der Waals surface area contributed by atoms with Gasteiger partial charge in [-0.05, 0) is 17.7 Å². The minimum Gasteiger partial charge on any atom is -0.380 e. The standard InChI is InChI=1S/C13H15F2N3O/c1-19-9-10-3-2-4-11(7-10)17-8-12-16-5-6-18(12)13(14)15/h2-7,13,17H,8-9H2,1H3. The molecule has 4 nitrogen and oxygen atoms in total. The van der Waals surface area contributed by atoms with E-state index >= 15 is 0 Å². The molecule has 102 valence electrons. The summed E-state index contributed by atoms with van der Waals surface area (Å²) in [7, 11) is 1.62. The van der Waals surface area contributed by atoms with Crippen molar-refractivity contribution in [1.82, 2.24) is 9.55 Å². The van der Waals surface area contributed by atoms with Crippen LogP contribution in [0.3, 0.4) is 0 Å². The molecule has 6 heteroatoms. The lowest BCUT2D eigenvalue weighted by molar-refractivity contribution is 0.0673. The fourth-order valence-corrected chi connectivity index (χ4v) is 1.78. The van der Waals surface area contributed by atoms with Crippen LogP contribution in [0, 0.1) is 0 Å². The lowest BCUT2D eigenvalue weighted by atomic mass is 10.2. The number of hydrogen-bond donors (Lipinski definition) is 1. The molecule has 0 aliphatic heterocycles. The number of imidazole rings is 1. The number of alkyl halides is 2. The summed E-state index contributed by atoms with van der Waals surface area (Å²) in [5.74, 6) is 0.298. The number of ether oxygens (including phenoxy) is 1. The molecular weight excluding hydrogens is 252 g/mol. The molecule has 1 heterocycles. The molecule has 0 bridgehead atoms. The second-order valence-electron chi connectivity index (χ2n) is 4.02. The van der Waals surface area contributed by atoms with E-state index in [9.17, 15) is 8.78 Å². The Labute approximate surface area is 110 Å². The maximum absolute atomic E-state index is 12.6. The van der Waals surface area contributed by atoms with Gasteiger partial charge in [0.15, 0.2) is 0 Å². The van der Waals surface area contributed by atoms with E-state index < -0.39 is 6.55 Å². The zero-order valence-corrected chi connectivity index (χ0v) is 10.5. The molecule has 0 aliphatic rings. The normalized spacial score (nSPS) is 10.9. The molecule has 0 aliphatic carbocycles. The van der Waals surface area contributed by atoms with Crippen molar-refractivity contribution < 1.29 is 13.5 Å². The molecule has 0 saturated heterocycles. The van der Waals surface area contributed by atoms with Crippen molar-refractivity contribution in [3.05, 3.63) is 48.0 Å². The van der Waals surface area contributed by atoms with Crippen LogP contribution < -0.4 is 5.32 Å². The summed E-state index contributed by atoms with van der Waals surface area (Å²) in [5, 5.41) is 3.07. The van der Waals surface area contributed by atoms with Crippen LogP contribution in [0.5, 0.6) is 0 Å². The summed E-state index contributed by atoms with van der Waals surface area (Å²) < 4.78 is 31.1. The first-order valence-corrected chi connectivity index (χ1v) is 5.82. The zero-order valence-electron chi connectivity index (χ0n) is 10.5. The number of benzene rings is 1. The van der Waals surface area contributed by atoms with E-state index in [0.717, 1.165) is 15.8 Å². The van der Waals surface area contributed by atoms with E-state index in [1.165, 1.54) is 12.4 Å². The predicted molar refractivity (Wildman–Crippen MR) is 68.0 cm³/mol. The summed E-state index contributed by atoms with van der Waals surface area (Å²) in [6.07, 6.45) is 2.63. The Balaban J connectivity index is 2.02. The van der Waals surface area contributed by atoms with Crippen molar-refractivity contribution in [3.63, 3.8) is 0 Å². The van der Waals surface area contributed by atoms with Crippen molar-refractivity contribution >= 4 is 5.69 Å². The number of methoxy groups -OCH3 is 1. The van der Waals surface area contributed by atoms with Gasteiger partial charge in [-0.1, -0.05) is 12.1 Å². The second kappa shape index (κ2) is 6.29. The molecule has 2 rings (SSSR count). The van der Waals surface area contributed by atoms with E-state index in [1.54, 1.807) is 7.11 Å². The highest BCUT2D eigenvalue weighted by Crippen LogP contribution is 2.15. The van der Waals surface area contributed by atoms with E-state index in [1.807, 2.05) is 24.3 Å². The van der Waals surface area contributed by atoms with E-state index in [2.05, 4.69) is 10.3 Å². The Morgan fingerprint density at radius 1 is 1.42 bits per heavy atom. The van der Waals surface area contributed by atoms with E-state index in [4.69, 9.17) is 4.74 Å². The summed E-state index contributed by atoms with van der Waals surface area (Å²) in [6, 6.07) is 7.61. The highest BCUT2D eigenvalue weighted by Gasteiger charge is 2.10. The molecule has 1 N–H and O–H groups in total. The van der Waals surface area contributed by atoms with Crippen LogP contribution in [0.2, 0.25) is 0 Å². The number of aromatic nitrogens is 2. The zero-order chi connectivity index (χ0) is 13.7. The van der Waals surface area contributed by atoms with Crippen LogP contribution in [-0.2, 0) is 17.9 Å². The van der Waals surface area contributed by atoms with Gasteiger partial charge in [-0.15, -0.1) is 0 Å². The molecule has 0 radical (unpaired) electrons. The van der Waals surface area contributed by atoms with Crippen LogP contribution in [0.4, 0.5) is 14.5 Å². The molecule has 0 spiro atoms. The SMILES string of the molecule is COCc1cccc(NCc2nccn2C(F)F)c1. The smallest absolute Gasteiger partial charge is 0.319 e. The topological polar surface area (TPSA) is 39.1 Å². The summed E-state index contributed by atoms with van der Waals surface area (Å²) >= 11 is 0. The van der Waals surface area contributed by atoms with Crippen molar-refractivity contribution in [2.45, 2.75) is 19.7 Å². The van der Waals surface area contributed by atoms with Gasteiger partial charge in [0.05, 0.1) is 13.2 Å². The van der Waals surface area contributed by atoms with Gasteiger partial charge in [0.1, 0.15) is 5.82 Å². The predicted octanol–water partition coefficient (Wildman–Crippen LogP) is 3.04. The Morgan fingerprint density at radius 2 is 2.26 bits per heavy atom. The number of hydrogen-bond acceptors (Lipinski definition) is 3. The summed E-state index contributed by atoms with van der Waals surface area (Å²) in [4.78, 5) is 3.91. The lowest BCUT2D eigenvalue weighted by Gasteiger charge is -2.10. The number of nitrogens with zero attached hydrogens (tertiary/aromatic N) is 2. The van der Waals surface area contributed by atoms with Crippen LogP contribution in [0.1, 0.15) is 17.9 Å². The van der Waals surface area contributed by atoms with Gasteiger partial charge in [0.25, 0.3) is 0 Å². The van der Waals surface area contributed by atoms with Crippen molar-refractivity contribution in [3.8, 4) is 0 Å². The van der Waals surface area contributed by atoms with Crippen molar-refractivity contribution in [1.29, 1.82) is 0 Å². The van der Waals surface area contributed by atoms with Gasteiger partial charge in [-0.2, -0.15) is 8.78 Å². The first-order chi connectivity index (χ1) is 9.20. The van der Waals surface area contributed by atoms with Gasteiger partial charge in [-0.25, -0.2) is 4.98 Å². The third-order valence-electron chi connectivity index (χ3n) is 2.65. The van der Waals surface area contributed by atoms with Crippen LogP contribution in [0.25, 0.3) is 0 Å². The second-order valence-corrected chi connectivity index (χ2v) is 4.02. The van der Waals surface area contributed by atoms with Gasteiger partial charge in [0.2, 0.25) is 0 Å². The lowest BCUT2D eigenvalue weighted by Crippen LogP contribution is -2.09. The van der Waals surface area contributed by atoms with E-state index in [0.29, 0.717) is 12.4 Å². The fraction of sp³-hybridized carbons (Fsp3) is 0.308. The van der Waals surface area contributed by atoms with Gasteiger partial charge in [-0.3, -0.25) is 4.57 Å². The average molecular weight is 267 g/mol. The molecule has 0 saturated carbocycles. The number of rotatable bonds is 6. The molecule has 1 aromatic heterocycles. The average Bonchev–Trinajstić information content (AvgIpc) is 2.86. The first-order valence-electron chi connectivity index (χ1n) is 5.82. The van der Waals surface area contributed by atoms with Crippen LogP contribution in [0.15, 0.2) is 36.7 Å². The minimum atomic E-state index is -2.57. The summed E-state index contributed by atoms with van der Waals surface area (Å²) in [6.45, 7) is -1.81. The van der Waals surface area contributed by atoms with Crippen molar-refractivity contribution in [2.24, 2.45) is 0 Å². The monoisotopic (exact) mass is 267 g/mol. The van der Waals surface area contributed by atoms with Crippen LogP contribution >= 0.6 is 0 Å². The Morgan fingerprint density at radius 3 is 3.00 bits per heavy atom. The van der Waals surface area contributed by atoms with E-state index in [-0.39, 0.29) is 6.54 Å². The quantitative estimate of drug-likeness (QED) is 0.874. The molecule has 2 aromatic rings. The molecule has 1 aromatic carbocycles. The van der Waals surface area contributed by atoms with Gasteiger partial charge >= 0.3 is 6.55 Å². The highest BCUT2D eigenvalue weighted by atomic mass is 19.3. The number of nitrogens with one attached hydrogen (secondary N) is 1. The third kappa shape index (κ3) is 3.51. The molecular formula is C13H15F2N3O. The maximum atomic E-state index is 12.6. The highest BCUT2D eigenvalue weighted by molar-refractivity contribution is 5.45. The molecule has 0 amide bonds. The largest absolute Gasteiger partial charge is 0.380 e. The first kappa shape index (κ1) is 13.5. The number of anilines is 1. The Bertz CT molecular complexity index is 528. The minimum absolute atomic E-state index is 0.244. The fourth-order valence-electron chi connectivity index (χ4n) is 1.78. The maximum Gasteiger partial charge on any atom is 0.319 e. The van der Waals surface area contributed by atoms with Crippen molar-refractivity contribution in [2.75, 3.05) is 12.4 Å². The summed E-state index contributed by atoms with van der Waals surface area (Å²) in [5.41, 5.74) is 1.86. The van der Waals surface area contributed by atoms with Gasteiger partial charge in [0, 0.05) is 25.2 Å². The number of halogens is 2. The van der Waals surface area contributed by atoms with Gasteiger partial charge < -0.3 is 10.1 Å². The van der Waals surface area contributed by atoms with Crippen LogP contribution in [-0.4, -0.2) is 16.7 Å². The molecule has 0 atom stereocenters. The third-order valence-corrected chi connectivity index (χ3v) is 2.65. The molecule has 0 fully saturated rings. The Hall–Kier alpha value is -1.95. The molecule has 19 heavy (non-hydrogen) atoms.